The maximum atomic E-state index is 5.48. The van der Waals surface area contributed by atoms with Crippen LogP contribution in [0.2, 0.25) is 0 Å². The molecular weight excluding hydrogens is 290 g/mol. The van der Waals surface area contributed by atoms with Crippen LogP contribution in [0.15, 0.2) is 16.6 Å². The zero-order valence-corrected chi connectivity index (χ0v) is 12.7. The third-order valence-electron chi connectivity index (χ3n) is 4.38. The van der Waals surface area contributed by atoms with Crippen molar-refractivity contribution in [2.24, 2.45) is 5.41 Å². The Bertz CT molecular complexity index is 435. The van der Waals surface area contributed by atoms with Crippen molar-refractivity contribution in [1.82, 2.24) is 0 Å². The second-order valence-electron chi connectivity index (χ2n) is 5.86. The highest BCUT2D eigenvalue weighted by molar-refractivity contribution is 9.10. The van der Waals surface area contributed by atoms with Gasteiger partial charge in [0.05, 0.1) is 0 Å². The minimum absolute atomic E-state index is 0.546. The van der Waals surface area contributed by atoms with Crippen LogP contribution in [0.1, 0.15) is 24.0 Å². The lowest BCUT2D eigenvalue weighted by atomic mass is 9.73. The molecule has 0 atom stereocenters. The molecule has 3 heteroatoms. The molecule has 1 spiro atoms. The van der Waals surface area contributed by atoms with Crippen LogP contribution in [-0.4, -0.2) is 26.3 Å². The molecule has 0 amide bonds. The number of anilines is 1. The second kappa shape index (κ2) is 4.53. The van der Waals surface area contributed by atoms with Crippen molar-refractivity contribution in [3.05, 3.63) is 27.7 Å². The highest BCUT2D eigenvalue weighted by Crippen LogP contribution is 2.44. The number of aryl methyl sites for hydroxylation is 2. The van der Waals surface area contributed by atoms with E-state index in [0.717, 1.165) is 13.2 Å². The molecule has 0 unspecified atom stereocenters. The Kier molecular flexibility index (Phi) is 3.15. The highest BCUT2D eigenvalue weighted by Gasteiger charge is 2.44. The molecule has 1 aromatic rings. The highest BCUT2D eigenvalue weighted by atomic mass is 79.9. The van der Waals surface area contributed by atoms with Crippen LogP contribution in [0.5, 0.6) is 0 Å². The van der Waals surface area contributed by atoms with Gasteiger partial charge in [-0.05, 0) is 49.9 Å². The third kappa shape index (κ3) is 2.08. The van der Waals surface area contributed by atoms with Crippen LogP contribution in [0.3, 0.4) is 0 Å². The van der Waals surface area contributed by atoms with Crippen LogP contribution in [0.25, 0.3) is 0 Å². The van der Waals surface area contributed by atoms with Crippen LogP contribution in [0.4, 0.5) is 5.69 Å². The van der Waals surface area contributed by atoms with Gasteiger partial charge in [0.25, 0.3) is 0 Å². The van der Waals surface area contributed by atoms with Crippen molar-refractivity contribution >= 4 is 21.6 Å². The summed E-state index contributed by atoms with van der Waals surface area (Å²) < 4.78 is 6.66. The van der Waals surface area contributed by atoms with E-state index in [1.54, 1.807) is 0 Å². The summed E-state index contributed by atoms with van der Waals surface area (Å²) in [7, 11) is 0. The summed E-state index contributed by atoms with van der Waals surface area (Å²) in [6.45, 7) is 8.74. The van der Waals surface area contributed by atoms with E-state index >= 15 is 0 Å². The number of benzene rings is 1. The van der Waals surface area contributed by atoms with Gasteiger partial charge in [0.2, 0.25) is 0 Å². The number of halogens is 1. The lowest BCUT2D eigenvalue weighted by Gasteiger charge is -2.54. The molecule has 0 aromatic heterocycles. The lowest BCUT2D eigenvalue weighted by molar-refractivity contribution is -0.000258. The largest absolute Gasteiger partial charge is 0.381 e. The summed E-state index contributed by atoms with van der Waals surface area (Å²) in [5.41, 5.74) is 4.74. The van der Waals surface area contributed by atoms with E-state index in [-0.39, 0.29) is 0 Å². The summed E-state index contributed by atoms with van der Waals surface area (Å²) in [5, 5.41) is 0. The molecule has 98 valence electrons. The average molecular weight is 310 g/mol. The Balaban J connectivity index is 1.78. The SMILES string of the molecule is Cc1cc(Br)cc(C)c1N1CC2(CCOCC2)C1. The Morgan fingerprint density at radius 2 is 1.67 bits per heavy atom. The van der Waals surface area contributed by atoms with Crippen LogP contribution >= 0.6 is 15.9 Å². The van der Waals surface area contributed by atoms with Crippen LogP contribution < -0.4 is 4.90 Å². The van der Waals surface area contributed by atoms with Crippen molar-refractivity contribution < 1.29 is 4.74 Å². The van der Waals surface area contributed by atoms with Gasteiger partial charge in [0, 0.05) is 41.9 Å². The number of ether oxygens (including phenoxy) is 1. The van der Waals surface area contributed by atoms with E-state index in [2.05, 4.69) is 46.8 Å². The van der Waals surface area contributed by atoms with Crippen LogP contribution in [-0.2, 0) is 4.74 Å². The first-order valence-electron chi connectivity index (χ1n) is 6.69. The van der Waals surface area contributed by atoms with Gasteiger partial charge >= 0.3 is 0 Å². The molecule has 0 aliphatic carbocycles. The maximum Gasteiger partial charge on any atom is 0.0472 e. The summed E-state index contributed by atoms with van der Waals surface area (Å²) in [6, 6.07) is 4.44. The number of hydrogen-bond donors (Lipinski definition) is 0. The molecule has 18 heavy (non-hydrogen) atoms. The maximum absolute atomic E-state index is 5.48. The van der Waals surface area contributed by atoms with E-state index in [1.165, 1.54) is 47.2 Å². The molecule has 1 aromatic carbocycles. The second-order valence-corrected chi connectivity index (χ2v) is 6.77. The smallest absolute Gasteiger partial charge is 0.0472 e. The van der Waals surface area contributed by atoms with Gasteiger partial charge in [-0.1, -0.05) is 15.9 Å². The minimum atomic E-state index is 0.546. The molecule has 2 aliphatic heterocycles. The molecule has 2 nitrogen and oxygen atoms in total. The zero-order chi connectivity index (χ0) is 12.8. The summed E-state index contributed by atoms with van der Waals surface area (Å²) in [5.74, 6) is 0. The quantitative estimate of drug-likeness (QED) is 0.784. The molecular formula is C15H20BrNO. The molecule has 2 heterocycles. The number of nitrogens with zero attached hydrogens (tertiary/aromatic N) is 1. The van der Waals surface area contributed by atoms with Crippen molar-refractivity contribution in [2.75, 3.05) is 31.2 Å². The molecule has 2 saturated heterocycles. The summed E-state index contributed by atoms with van der Waals surface area (Å²) in [6.07, 6.45) is 2.47. The third-order valence-corrected chi connectivity index (χ3v) is 4.84. The molecule has 0 N–H and O–H groups in total. The van der Waals surface area contributed by atoms with Gasteiger partial charge in [0.1, 0.15) is 0 Å². The standard InChI is InChI=1S/C15H20BrNO/c1-11-7-13(16)8-12(2)14(11)17-9-15(10-17)3-5-18-6-4-15/h7-8H,3-6,9-10H2,1-2H3. The first-order valence-corrected chi connectivity index (χ1v) is 7.48. The van der Waals surface area contributed by atoms with E-state index in [9.17, 15) is 0 Å². The minimum Gasteiger partial charge on any atom is -0.381 e. The van der Waals surface area contributed by atoms with E-state index < -0.39 is 0 Å². The first kappa shape index (κ1) is 12.5. The Hall–Kier alpha value is -0.540. The Labute approximate surface area is 117 Å². The Morgan fingerprint density at radius 3 is 2.22 bits per heavy atom. The van der Waals surface area contributed by atoms with Gasteiger partial charge in [0.15, 0.2) is 0 Å². The zero-order valence-electron chi connectivity index (χ0n) is 11.1. The molecule has 0 saturated carbocycles. The predicted octanol–water partition coefficient (Wildman–Crippen LogP) is 3.68. The van der Waals surface area contributed by atoms with E-state index in [0.29, 0.717) is 5.41 Å². The monoisotopic (exact) mass is 309 g/mol. The number of rotatable bonds is 1. The van der Waals surface area contributed by atoms with E-state index in [1.807, 2.05) is 0 Å². The fraction of sp³-hybridized carbons (Fsp3) is 0.600. The molecule has 2 aliphatic rings. The normalized spacial score (nSPS) is 22.1. The molecule has 3 rings (SSSR count). The topological polar surface area (TPSA) is 12.5 Å². The van der Waals surface area contributed by atoms with E-state index in [4.69, 9.17) is 4.74 Å². The fourth-order valence-electron chi connectivity index (χ4n) is 3.44. The average Bonchev–Trinajstić information content (AvgIpc) is 2.26. The Morgan fingerprint density at radius 1 is 1.11 bits per heavy atom. The van der Waals surface area contributed by atoms with Gasteiger partial charge in [-0.3, -0.25) is 0 Å². The van der Waals surface area contributed by atoms with Crippen LogP contribution in [0, 0.1) is 19.3 Å². The van der Waals surface area contributed by atoms with Gasteiger partial charge in [-0.25, -0.2) is 0 Å². The number of hydrogen-bond acceptors (Lipinski definition) is 2. The fourth-order valence-corrected chi connectivity index (χ4v) is 4.13. The van der Waals surface area contributed by atoms with Crippen molar-refractivity contribution in [3.63, 3.8) is 0 Å². The first-order chi connectivity index (χ1) is 8.60. The lowest BCUT2D eigenvalue weighted by Crippen LogP contribution is -2.59. The van der Waals surface area contributed by atoms with Gasteiger partial charge in [-0.2, -0.15) is 0 Å². The van der Waals surface area contributed by atoms with Gasteiger partial charge < -0.3 is 9.64 Å². The summed E-state index contributed by atoms with van der Waals surface area (Å²) >= 11 is 3.57. The predicted molar refractivity (Wildman–Crippen MR) is 78.3 cm³/mol. The summed E-state index contributed by atoms with van der Waals surface area (Å²) in [4.78, 5) is 2.54. The van der Waals surface area contributed by atoms with Crippen molar-refractivity contribution in [3.8, 4) is 0 Å². The van der Waals surface area contributed by atoms with Gasteiger partial charge in [-0.15, -0.1) is 0 Å². The van der Waals surface area contributed by atoms with Crippen molar-refractivity contribution in [2.45, 2.75) is 26.7 Å². The molecule has 0 bridgehead atoms. The molecule has 0 radical (unpaired) electrons. The molecule has 2 fully saturated rings. The van der Waals surface area contributed by atoms with Crippen molar-refractivity contribution in [1.29, 1.82) is 0 Å².